The molecule has 128 valence electrons. The maximum Gasteiger partial charge on any atom is 0.253 e. The molecule has 6 nitrogen and oxygen atoms in total. The van der Waals surface area contributed by atoms with Gasteiger partial charge >= 0.3 is 0 Å². The molecular formula is C18H23N3O3. The third-order valence-electron chi connectivity index (χ3n) is 4.54. The first kappa shape index (κ1) is 16.5. The van der Waals surface area contributed by atoms with Crippen LogP contribution >= 0.6 is 0 Å². The Kier molecular flexibility index (Phi) is 4.85. The third-order valence-corrected chi connectivity index (χ3v) is 4.54. The zero-order valence-corrected chi connectivity index (χ0v) is 14.1. The summed E-state index contributed by atoms with van der Waals surface area (Å²) < 4.78 is 5.69. The van der Waals surface area contributed by atoms with Gasteiger partial charge in [0.2, 0.25) is 5.91 Å². The average molecular weight is 329 g/mol. The second-order valence-corrected chi connectivity index (χ2v) is 6.32. The molecule has 2 aliphatic heterocycles. The van der Waals surface area contributed by atoms with Gasteiger partial charge in [0.1, 0.15) is 12.4 Å². The van der Waals surface area contributed by atoms with Crippen molar-refractivity contribution in [3.63, 3.8) is 0 Å². The number of carbonyl (C=O) groups excluding carboxylic acids is 2. The van der Waals surface area contributed by atoms with Gasteiger partial charge in [-0.15, -0.1) is 0 Å². The van der Waals surface area contributed by atoms with Gasteiger partial charge in [-0.3, -0.25) is 9.59 Å². The van der Waals surface area contributed by atoms with E-state index in [4.69, 9.17) is 4.74 Å². The maximum absolute atomic E-state index is 12.9. The Labute approximate surface area is 142 Å². The molecule has 2 amide bonds. The minimum absolute atomic E-state index is 0.0271. The molecule has 3 rings (SSSR count). The fraction of sp³-hybridized carbons (Fsp3) is 0.444. The second-order valence-electron chi connectivity index (χ2n) is 6.32. The number of nitrogens with one attached hydrogen (secondary N) is 1. The molecule has 1 aromatic rings. The molecule has 0 aromatic heterocycles. The highest BCUT2D eigenvalue weighted by Crippen LogP contribution is 2.26. The number of hydrogen-bond donors (Lipinski definition) is 1. The second kappa shape index (κ2) is 7.05. The van der Waals surface area contributed by atoms with Crippen molar-refractivity contribution in [2.45, 2.75) is 0 Å². The Morgan fingerprint density at radius 3 is 2.79 bits per heavy atom. The molecule has 1 atom stereocenters. The van der Waals surface area contributed by atoms with Gasteiger partial charge in [-0.1, -0.05) is 18.2 Å². The SMILES string of the molecule is CNC(=O)[C@@H]1CN(C)CCN(C(=O)C2=Cc3ccccc3OC2)C1. The molecule has 2 heterocycles. The lowest BCUT2D eigenvalue weighted by Crippen LogP contribution is -2.42. The summed E-state index contributed by atoms with van der Waals surface area (Å²) in [5.41, 5.74) is 1.55. The van der Waals surface area contributed by atoms with Crippen molar-refractivity contribution in [1.29, 1.82) is 0 Å². The average Bonchev–Trinajstić information content (AvgIpc) is 2.81. The summed E-state index contributed by atoms with van der Waals surface area (Å²) in [4.78, 5) is 28.8. The standard InChI is InChI=1S/C18H23N3O3/c1-19-17(22)15-10-20(2)7-8-21(11-15)18(23)14-9-13-5-3-4-6-16(13)24-12-14/h3-6,9,15H,7-8,10-12H2,1-2H3,(H,19,22)/t15-/m1/s1. The number of fused-ring (bicyclic) bond motifs is 1. The van der Waals surface area contributed by atoms with Crippen molar-refractivity contribution in [3.8, 4) is 5.75 Å². The lowest BCUT2D eigenvalue weighted by Gasteiger charge is -2.26. The topological polar surface area (TPSA) is 61.9 Å². The Bertz CT molecular complexity index is 671. The van der Waals surface area contributed by atoms with Crippen LogP contribution in [0.1, 0.15) is 5.56 Å². The monoisotopic (exact) mass is 329 g/mol. The number of para-hydroxylation sites is 1. The minimum Gasteiger partial charge on any atom is -0.488 e. The Morgan fingerprint density at radius 2 is 2.00 bits per heavy atom. The summed E-state index contributed by atoms with van der Waals surface area (Å²) in [5.74, 6) is 0.506. The first-order valence-corrected chi connectivity index (χ1v) is 8.20. The summed E-state index contributed by atoms with van der Waals surface area (Å²) >= 11 is 0. The van der Waals surface area contributed by atoms with E-state index in [-0.39, 0.29) is 24.3 Å². The van der Waals surface area contributed by atoms with Crippen LogP contribution in [-0.4, -0.2) is 68.5 Å². The van der Waals surface area contributed by atoms with Gasteiger partial charge in [-0.2, -0.15) is 0 Å². The molecule has 0 bridgehead atoms. The van der Waals surface area contributed by atoms with Gasteiger partial charge in [0.05, 0.1) is 11.5 Å². The van der Waals surface area contributed by atoms with E-state index >= 15 is 0 Å². The summed E-state index contributed by atoms with van der Waals surface area (Å²) in [5, 5.41) is 2.69. The van der Waals surface area contributed by atoms with Crippen molar-refractivity contribution < 1.29 is 14.3 Å². The van der Waals surface area contributed by atoms with Gasteiger partial charge in [-0.25, -0.2) is 0 Å². The Hall–Kier alpha value is -2.34. The lowest BCUT2D eigenvalue weighted by molar-refractivity contribution is -0.130. The number of hydrogen-bond acceptors (Lipinski definition) is 4. The molecule has 24 heavy (non-hydrogen) atoms. The minimum atomic E-state index is -0.219. The molecular weight excluding hydrogens is 306 g/mol. The molecule has 0 saturated carbocycles. The van der Waals surface area contributed by atoms with Gasteiger partial charge < -0.3 is 19.9 Å². The van der Waals surface area contributed by atoms with Crippen molar-refractivity contribution in [1.82, 2.24) is 15.1 Å². The molecule has 6 heteroatoms. The van der Waals surface area contributed by atoms with Crippen LogP contribution in [0.2, 0.25) is 0 Å². The van der Waals surface area contributed by atoms with E-state index in [1.54, 1.807) is 11.9 Å². The number of nitrogens with zero attached hydrogens (tertiary/aromatic N) is 2. The molecule has 0 radical (unpaired) electrons. The van der Waals surface area contributed by atoms with E-state index in [1.807, 2.05) is 37.4 Å². The predicted molar refractivity (Wildman–Crippen MR) is 91.5 cm³/mol. The van der Waals surface area contributed by atoms with E-state index in [2.05, 4.69) is 10.2 Å². The highest BCUT2D eigenvalue weighted by molar-refractivity contribution is 5.99. The largest absolute Gasteiger partial charge is 0.488 e. The molecule has 1 aromatic carbocycles. The zero-order chi connectivity index (χ0) is 17.1. The van der Waals surface area contributed by atoms with Crippen LogP contribution in [0.3, 0.4) is 0 Å². The van der Waals surface area contributed by atoms with Crippen molar-refractivity contribution >= 4 is 17.9 Å². The third kappa shape index (κ3) is 3.43. The number of ether oxygens (including phenoxy) is 1. The lowest BCUT2D eigenvalue weighted by atomic mass is 10.1. The predicted octanol–water partition coefficient (Wildman–Crippen LogP) is 0.599. The summed E-state index contributed by atoms with van der Waals surface area (Å²) in [7, 11) is 3.61. The fourth-order valence-electron chi connectivity index (χ4n) is 3.17. The Morgan fingerprint density at radius 1 is 1.21 bits per heavy atom. The summed E-state index contributed by atoms with van der Waals surface area (Å²) in [6.45, 7) is 2.72. The zero-order valence-electron chi connectivity index (χ0n) is 14.1. The highest BCUT2D eigenvalue weighted by atomic mass is 16.5. The van der Waals surface area contributed by atoms with Crippen molar-refractivity contribution in [2.75, 3.05) is 46.9 Å². The van der Waals surface area contributed by atoms with Gasteiger partial charge in [-0.05, 0) is 19.2 Å². The van der Waals surface area contributed by atoms with Crippen LogP contribution in [0.4, 0.5) is 0 Å². The van der Waals surface area contributed by atoms with Gasteiger partial charge in [0.15, 0.2) is 0 Å². The highest BCUT2D eigenvalue weighted by Gasteiger charge is 2.30. The Balaban J connectivity index is 1.79. The molecule has 0 spiro atoms. The maximum atomic E-state index is 12.9. The molecule has 1 fully saturated rings. The van der Waals surface area contributed by atoms with Crippen LogP contribution < -0.4 is 10.1 Å². The fourth-order valence-corrected chi connectivity index (χ4v) is 3.17. The number of benzene rings is 1. The summed E-state index contributed by atoms with van der Waals surface area (Å²) in [6.07, 6.45) is 1.89. The van der Waals surface area contributed by atoms with Crippen LogP contribution in [0, 0.1) is 5.92 Å². The van der Waals surface area contributed by atoms with E-state index in [1.165, 1.54) is 0 Å². The van der Waals surface area contributed by atoms with Crippen LogP contribution in [0.25, 0.3) is 6.08 Å². The molecule has 2 aliphatic rings. The summed E-state index contributed by atoms with van der Waals surface area (Å²) in [6, 6.07) is 7.67. The molecule has 0 aliphatic carbocycles. The van der Waals surface area contributed by atoms with Crippen LogP contribution in [0.15, 0.2) is 29.8 Å². The van der Waals surface area contributed by atoms with Crippen molar-refractivity contribution in [2.24, 2.45) is 5.92 Å². The number of likely N-dealkylation sites (N-methyl/N-ethyl adjacent to an activating group) is 1. The molecule has 0 unspecified atom stereocenters. The van der Waals surface area contributed by atoms with E-state index < -0.39 is 0 Å². The smallest absolute Gasteiger partial charge is 0.253 e. The first-order valence-electron chi connectivity index (χ1n) is 8.20. The van der Waals surface area contributed by atoms with E-state index in [0.29, 0.717) is 25.2 Å². The molecule has 1 saturated heterocycles. The molecule has 1 N–H and O–H groups in total. The van der Waals surface area contributed by atoms with Crippen LogP contribution in [0.5, 0.6) is 5.75 Å². The van der Waals surface area contributed by atoms with E-state index in [9.17, 15) is 9.59 Å². The first-order chi connectivity index (χ1) is 11.6. The number of amides is 2. The number of rotatable bonds is 2. The number of carbonyl (C=O) groups is 2. The van der Waals surface area contributed by atoms with Gasteiger partial charge in [0.25, 0.3) is 5.91 Å². The van der Waals surface area contributed by atoms with Crippen LogP contribution in [-0.2, 0) is 9.59 Å². The quantitative estimate of drug-likeness (QED) is 0.863. The van der Waals surface area contributed by atoms with Crippen molar-refractivity contribution in [3.05, 3.63) is 35.4 Å². The van der Waals surface area contributed by atoms with E-state index in [0.717, 1.165) is 17.9 Å². The normalized spacial score (nSPS) is 21.2. The van der Waals surface area contributed by atoms with Gasteiger partial charge in [0, 0.05) is 38.8 Å².